The van der Waals surface area contributed by atoms with Gasteiger partial charge in [-0.1, -0.05) is 26.8 Å². The minimum absolute atomic E-state index is 0.00564. The average Bonchev–Trinajstić information content (AvgIpc) is 2.01. The molecule has 0 bridgehead atoms. The van der Waals surface area contributed by atoms with Gasteiger partial charge in [0, 0.05) is 14.1 Å². The van der Waals surface area contributed by atoms with Gasteiger partial charge in [0.05, 0.1) is 5.69 Å². The van der Waals surface area contributed by atoms with Crippen LogP contribution in [-0.4, -0.2) is 14.1 Å². The summed E-state index contributed by atoms with van der Waals surface area (Å²) in [5.41, 5.74) is 1.67. The van der Waals surface area contributed by atoms with Gasteiger partial charge in [0.2, 0.25) is 0 Å². The maximum Gasteiger partial charge on any atom is 0.146 e. The highest BCUT2D eigenvalue weighted by Crippen LogP contribution is 2.26. The predicted molar refractivity (Wildman–Crippen MR) is 59.4 cm³/mol. The fourth-order valence-corrected chi connectivity index (χ4v) is 1.34. The summed E-state index contributed by atoms with van der Waals surface area (Å²) >= 11 is 0. The van der Waals surface area contributed by atoms with Crippen LogP contribution in [-0.2, 0) is 5.41 Å². The van der Waals surface area contributed by atoms with Crippen molar-refractivity contribution in [3.63, 3.8) is 0 Å². The Morgan fingerprint density at radius 3 is 2.07 bits per heavy atom. The molecule has 0 radical (unpaired) electrons. The van der Waals surface area contributed by atoms with Crippen molar-refractivity contribution in [2.75, 3.05) is 19.0 Å². The van der Waals surface area contributed by atoms with E-state index < -0.39 is 0 Å². The second-order valence-corrected chi connectivity index (χ2v) is 4.81. The van der Waals surface area contributed by atoms with Gasteiger partial charge in [-0.25, -0.2) is 4.39 Å². The smallest absolute Gasteiger partial charge is 0.146 e. The molecule has 0 fully saturated rings. The van der Waals surface area contributed by atoms with Crippen LogP contribution in [0.15, 0.2) is 18.2 Å². The Hall–Kier alpha value is -1.05. The van der Waals surface area contributed by atoms with Crippen LogP contribution in [0.1, 0.15) is 26.3 Å². The van der Waals surface area contributed by atoms with Crippen LogP contribution < -0.4 is 4.90 Å². The molecule has 0 aliphatic rings. The van der Waals surface area contributed by atoms with Crippen LogP contribution in [0.2, 0.25) is 0 Å². The summed E-state index contributed by atoms with van der Waals surface area (Å²) in [6.07, 6.45) is 0. The van der Waals surface area contributed by atoms with Crippen molar-refractivity contribution in [1.29, 1.82) is 0 Å². The lowest BCUT2D eigenvalue weighted by atomic mass is 9.87. The first-order chi connectivity index (χ1) is 6.32. The predicted octanol–water partition coefficient (Wildman–Crippen LogP) is 3.19. The summed E-state index contributed by atoms with van der Waals surface area (Å²) in [6.45, 7) is 6.24. The zero-order chi connectivity index (χ0) is 10.9. The van der Waals surface area contributed by atoms with Gasteiger partial charge in [0.1, 0.15) is 5.82 Å². The molecule has 0 atom stereocenters. The number of anilines is 1. The molecule has 0 N–H and O–H groups in total. The van der Waals surface area contributed by atoms with Crippen molar-refractivity contribution < 1.29 is 4.39 Å². The van der Waals surface area contributed by atoms with Crippen molar-refractivity contribution in [2.45, 2.75) is 26.2 Å². The van der Waals surface area contributed by atoms with E-state index in [1.807, 2.05) is 26.2 Å². The van der Waals surface area contributed by atoms with E-state index in [1.165, 1.54) is 0 Å². The normalized spacial score (nSPS) is 11.6. The molecular formula is C12H18FN. The molecule has 1 aromatic rings. The van der Waals surface area contributed by atoms with E-state index in [0.717, 1.165) is 5.56 Å². The second kappa shape index (κ2) is 3.60. The monoisotopic (exact) mass is 195 g/mol. The average molecular weight is 195 g/mol. The summed E-state index contributed by atoms with van der Waals surface area (Å²) in [4.78, 5) is 1.78. The number of halogens is 1. The van der Waals surface area contributed by atoms with E-state index in [-0.39, 0.29) is 11.2 Å². The number of hydrogen-bond donors (Lipinski definition) is 0. The van der Waals surface area contributed by atoms with Crippen LogP contribution in [0.5, 0.6) is 0 Å². The Bertz CT molecular complexity index is 324. The molecule has 0 heterocycles. The minimum atomic E-state index is -0.151. The first-order valence-corrected chi connectivity index (χ1v) is 4.80. The molecule has 0 aliphatic carbocycles. The molecule has 0 amide bonds. The highest BCUT2D eigenvalue weighted by molar-refractivity contribution is 5.48. The molecule has 0 saturated carbocycles. The van der Waals surface area contributed by atoms with E-state index in [4.69, 9.17) is 0 Å². The lowest BCUT2D eigenvalue weighted by Crippen LogP contribution is -2.14. The summed E-state index contributed by atoms with van der Waals surface area (Å²) in [5.74, 6) is -0.151. The minimum Gasteiger partial charge on any atom is -0.375 e. The van der Waals surface area contributed by atoms with Crippen molar-refractivity contribution in [2.24, 2.45) is 0 Å². The van der Waals surface area contributed by atoms with Crippen molar-refractivity contribution in [3.05, 3.63) is 29.6 Å². The van der Waals surface area contributed by atoms with Crippen LogP contribution >= 0.6 is 0 Å². The Kier molecular flexibility index (Phi) is 2.84. The Morgan fingerprint density at radius 1 is 1.14 bits per heavy atom. The van der Waals surface area contributed by atoms with E-state index in [0.29, 0.717) is 5.69 Å². The van der Waals surface area contributed by atoms with E-state index >= 15 is 0 Å². The third-order valence-electron chi connectivity index (χ3n) is 2.30. The van der Waals surface area contributed by atoms with Crippen molar-refractivity contribution in [3.8, 4) is 0 Å². The van der Waals surface area contributed by atoms with Gasteiger partial charge in [0.25, 0.3) is 0 Å². The molecule has 0 spiro atoms. The Morgan fingerprint density at radius 2 is 1.71 bits per heavy atom. The first-order valence-electron chi connectivity index (χ1n) is 4.80. The molecule has 0 aliphatic heterocycles. The van der Waals surface area contributed by atoms with Gasteiger partial charge in [-0.05, 0) is 23.1 Å². The van der Waals surface area contributed by atoms with Gasteiger partial charge in [-0.2, -0.15) is 0 Å². The Balaban J connectivity index is 3.13. The lowest BCUT2D eigenvalue weighted by Gasteiger charge is -2.21. The van der Waals surface area contributed by atoms with E-state index in [2.05, 4.69) is 20.8 Å². The van der Waals surface area contributed by atoms with Gasteiger partial charge in [0.15, 0.2) is 0 Å². The number of hydrogen-bond acceptors (Lipinski definition) is 1. The number of nitrogens with zero attached hydrogens (tertiary/aromatic N) is 1. The quantitative estimate of drug-likeness (QED) is 0.665. The molecule has 0 unspecified atom stereocenters. The van der Waals surface area contributed by atoms with Gasteiger partial charge in [-0.3, -0.25) is 0 Å². The lowest BCUT2D eigenvalue weighted by molar-refractivity contribution is 0.572. The third kappa shape index (κ3) is 2.25. The van der Waals surface area contributed by atoms with E-state index in [9.17, 15) is 4.39 Å². The summed E-state index contributed by atoms with van der Waals surface area (Å²) < 4.78 is 13.6. The molecule has 0 saturated heterocycles. The number of rotatable bonds is 1. The second-order valence-electron chi connectivity index (χ2n) is 4.81. The molecule has 1 nitrogen and oxygen atoms in total. The maximum atomic E-state index is 13.6. The SMILES string of the molecule is CN(C)c1ccc(C(C)(C)C)cc1F. The van der Waals surface area contributed by atoms with Crippen molar-refractivity contribution >= 4 is 5.69 Å². The fourth-order valence-electron chi connectivity index (χ4n) is 1.34. The molecule has 0 aromatic heterocycles. The summed E-state index contributed by atoms with van der Waals surface area (Å²) in [5, 5.41) is 0. The topological polar surface area (TPSA) is 3.24 Å². The first kappa shape index (κ1) is 11.0. The number of benzene rings is 1. The van der Waals surface area contributed by atoms with Crippen LogP contribution in [0, 0.1) is 5.82 Å². The van der Waals surface area contributed by atoms with Gasteiger partial charge < -0.3 is 4.90 Å². The van der Waals surface area contributed by atoms with Crippen LogP contribution in [0.4, 0.5) is 10.1 Å². The highest BCUT2D eigenvalue weighted by atomic mass is 19.1. The zero-order valence-electron chi connectivity index (χ0n) is 9.56. The van der Waals surface area contributed by atoms with Gasteiger partial charge in [-0.15, -0.1) is 0 Å². The van der Waals surface area contributed by atoms with Gasteiger partial charge >= 0.3 is 0 Å². The van der Waals surface area contributed by atoms with Crippen LogP contribution in [0.3, 0.4) is 0 Å². The summed E-state index contributed by atoms with van der Waals surface area (Å²) in [6, 6.07) is 5.43. The standard InChI is InChI=1S/C12H18FN/c1-12(2,3)9-6-7-11(14(4)5)10(13)8-9/h6-8H,1-5H3. The van der Waals surface area contributed by atoms with Crippen LogP contribution in [0.25, 0.3) is 0 Å². The molecule has 2 heteroatoms. The molecule has 14 heavy (non-hydrogen) atoms. The third-order valence-corrected chi connectivity index (χ3v) is 2.30. The molecule has 78 valence electrons. The Labute approximate surface area is 85.5 Å². The highest BCUT2D eigenvalue weighted by Gasteiger charge is 2.15. The largest absolute Gasteiger partial charge is 0.375 e. The molecule has 1 aromatic carbocycles. The molecule has 1 rings (SSSR count). The van der Waals surface area contributed by atoms with E-state index in [1.54, 1.807) is 11.0 Å². The maximum absolute atomic E-state index is 13.6. The van der Waals surface area contributed by atoms with Crippen molar-refractivity contribution in [1.82, 2.24) is 0 Å². The zero-order valence-corrected chi connectivity index (χ0v) is 9.56. The molecular weight excluding hydrogens is 177 g/mol. The fraction of sp³-hybridized carbons (Fsp3) is 0.500. The summed E-state index contributed by atoms with van der Waals surface area (Å²) in [7, 11) is 3.68.